The van der Waals surface area contributed by atoms with Gasteiger partial charge in [0.05, 0.1) is 0 Å². The highest BCUT2D eigenvalue weighted by atomic mass is 16.4. The summed E-state index contributed by atoms with van der Waals surface area (Å²) in [7, 11) is 1.92. The van der Waals surface area contributed by atoms with Gasteiger partial charge in [-0.25, -0.2) is 0 Å². The van der Waals surface area contributed by atoms with Crippen molar-refractivity contribution < 1.29 is 9.90 Å². The molecule has 0 aromatic rings. The third-order valence-corrected chi connectivity index (χ3v) is 3.80. The van der Waals surface area contributed by atoms with E-state index in [1.807, 2.05) is 11.9 Å². The number of rotatable bonds is 6. The van der Waals surface area contributed by atoms with Gasteiger partial charge in [0.1, 0.15) is 6.04 Å². The Hall–Kier alpha value is -0.650. The minimum Gasteiger partial charge on any atom is -0.480 e. The maximum absolute atomic E-state index is 11.2. The second-order valence-corrected chi connectivity index (χ2v) is 4.76. The molecule has 17 heavy (non-hydrogen) atoms. The standard InChI is InChI=1S/C12H25N3O2/c1-3-15-8-5-10(6-9-15)14(2)11(4-7-13)12(16)17/h10-11H,3-9,13H2,1-2H3,(H,16,17). The number of piperidine rings is 1. The van der Waals surface area contributed by atoms with Crippen molar-refractivity contribution in [1.82, 2.24) is 9.80 Å². The number of aliphatic carboxylic acids is 1. The average Bonchev–Trinajstić information content (AvgIpc) is 2.35. The second kappa shape index (κ2) is 6.93. The minimum absolute atomic E-state index is 0.380. The highest BCUT2D eigenvalue weighted by Gasteiger charge is 2.29. The van der Waals surface area contributed by atoms with Crippen LogP contribution in [-0.2, 0) is 4.79 Å². The van der Waals surface area contributed by atoms with E-state index in [0.717, 1.165) is 32.5 Å². The number of hydrogen-bond donors (Lipinski definition) is 2. The van der Waals surface area contributed by atoms with Gasteiger partial charge < -0.3 is 15.7 Å². The van der Waals surface area contributed by atoms with Gasteiger partial charge in [0, 0.05) is 6.04 Å². The fraction of sp³-hybridized carbons (Fsp3) is 0.917. The van der Waals surface area contributed by atoms with Crippen LogP contribution in [0.3, 0.4) is 0 Å². The molecule has 5 nitrogen and oxygen atoms in total. The summed E-state index contributed by atoms with van der Waals surface area (Å²) in [6.07, 6.45) is 2.64. The monoisotopic (exact) mass is 243 g/mol. The molecule has 1 unspecified atom stereocenters. The molecule has 0 aromatic heterocycles. The Morgan fingerprint density at radius 3 is 2.53 bits per heavy atom. The Morgan fingerprint density at radius 2 is 2.12 bits per heavy atom. The summed E-state index contributed by atoms with van der Waals surface area (Å²) in [6.45, 7) is 5.82. The number of likely N-dealkylation sites (tertiary alicyclic amines) is 1. The van der Waals surface area contributed by atoms with Gasteiger partial charge in [0.2, 0.25) is 0 Å². The first-order valence-corrected chi connectivity index (χ1v) is 6.47. The lowest BCUT2D eigenvalue weighted by Gasteiger charge is -2.38. The number of nitrogens with two attached hydrogens (primary N) is 1. The molecule has 1 saturated heterocycles. The fourth-order valence-electron chi connectivity index (χ4n) is 2.56. The number of carbonyl (C=O) groups is 1. The van der Waals surface area contributed by atoms with Crippen LogP contribution in [0.4, 0.5) is 0 Å². The lowest BCUT2D eigenvalue weighted by molar-refractivity contribution is -0.144. The van der Waals surface area contributed by atoms with Crippen molar-refractivity contribution in [2.45, 2.75) is 38.3 Å². The summed E-state index contributed by atoms with van der Waals surface area (Å²) >= 11 is 0. The molecule has 1 aliphatic heterocycles. The van der Waals surface area contributed by atoms with Crippen LogP contribution in [0.15, 0.2) is 0 Å². The summed E-state index contributed by atoms with van der Waals surface area (Å²) < 4.78 is 0. The highest BCUT2D eigenvalue weighted by Crippen LogP contribution is 2.18. The first-order chi connectivity index (χ1) is 8.10. The van der Waals surface area contributed by atoms with Gasteiger partial charge in [-0.1, -0.05) is 6.92 Å². The van der Waals surface area contributed by atoms with Crippen LogP contribution in [0, 0.1) is 0 Å². The van der Waals surface area contributed by atoms with E-state index in [2.05, 4.69) is 11.8 Å². The van der Waals surface area contributed by atoms with Gasteiger partial charge in [0.15, 0.2) is 0 Å². The molecule has 1 aliphatic rings. The van der Waals surface area contributed by atoms with Gasteiger partial charge in [-0.3, -0.25) is 9.69 Å². The fourth-order valence-corrected chi connectivity index (χ4v) is 2.56. The van der Waals surface area contributed by atoms with Gasteiger partial charge >= 0.3 is 5.97 Å². The summed E-state index contributed by atoms with van der Waals surface area (Å²) in [5.74, 6) is -0.754. The van der Waals surface area contributed by atoms with Crippen molar-refractivity contribution in [1.29, 1.82) is 0 Å². The molecule has 5 heteroatoms. The summed E-state index contributed by atoms with van der Waals surface area (Å²) in [6, 6.07) is -0.0522. The van der Waals surface area contributed by atoms with E-state index in [-0.39, 0.29) is 0 Å². The molecule has 0 saturated carbocycles. The van der Waals surface area contributed by atoms with Crippen LogP contribution in [0.25, 0.3) is 0 Å². The van der Waals surface area contributed by atoms with E-state index >= 15 is 0 Å². The second-order valence-electron chi connectivity index (χ2n) is 4.76. The Labute approximate surface area is 104 Å². The van der Waals surface area contributed by atoms with Crippen molar-refractivity contribution in [3.8, 4) is 0 Å². The van der Waals surface area contributed by atoms with E-state index in [0.29, 0.717) is 19.0 Å². The molecular formula is C12H25N3O2. The predicted molar refractivity (Wildman–Crippen MR) is 68.0 cm³/mol. The maximum Gasteiger partial charge on any atom is 0.320 e. The smallest absolute Gasteiger partial charge is 0.320 e. The normalized spacial score (nSPS) is 20.7. The van der Waals surface area contributed by atoms with Crippen molar-refractivity contribution in [2.24, 2.45) is 5.73 Å². The molecule has 1 heterocycles. The first-order valence-electron chi connectivity index (χ1n) is 6.47. The molecule has 0 spiro atoms. The topological polar surface area (TPSA) is 69.8 Å². The molecule has 0 aliphatic carbocycles. The zero-order chi connectivity index (χ0) is 12.8. The largest absolute Gasteiger partial charge is 0.480 e. The number of likely N-dealkylation sites (N-methyl/N-ethyl adjacent to an activating group) is 1. The first kappa shape index (κ1) is 14.4. The molecule has 0 amide bonds. The van der Waals surface area contributed by atoms with Gasteiger partial charge in [-0.15, -0.1) is 0 Å². The molecule has 3 N–H and O–H groups in total. The highest BCUT2D eigenvalue weighted by molar-refractivity contribution is 5.73. The molecule has 1 fully saturated rings. The van der Waals surface area contributed by atoms with E-state index in [1.165, 1.54) is 0 Å². The van der Waals surface area contributed by atoms with Crippen LogP contribution in [-0.4, -0.2) is 66.2 Å². The molecule has 100 valence electrons. The molecule has 1 rings (SSSR count). The minimum atomic E-state index is -0.754. The van der Waals surface area contributed by atoms with Crippen LogP contribution in [0.2, 0.25) is 0 Å². The van der Waals surface area contributed by atoms with Crippen molar-refractivity contribution in [3.05, 3.63) is 0 Å². The van der Waals surface area contributed by atoms with Crippen LogP contribution < -0.4 is 5.73 Å². The van der Waals surface area contributed by atoms with E-state index in [4.69, 9.17) is 5.73 Å². The van der Waals surface area contributed by atoms with Crippen molar-refractivity contribution >= 4 is 5.97 Å². The Kier molecular flexibility index (Phi) is 5.88. The summed E-state index contributed by atoms with van der Waals surface area (Å²) in [5.41, 5.74) is 5.48. The predicted octanol–water partition coefficient (Wildman–Crippen LogP) is 0.205. The Balaban J connectivity index is 2.50. The summed E-state index contributed by atoms with van der Waals surface area (Å²) in [4.78, 5) is 15.6. The van der Waals surface area contributed by atoms with Crippen molar-refractivity contribution in [2.75, 3.05) is 33.2 Å². The van der Waals surface area contributed by atoms with E-state index in [1.54, 1.807) is 0 Å². The number of hydrogen-bond acceptors (Lipinski definition) is 4. The number of nitrogens with zero attached hydrogens (tertiary/aromatic N) is 2. The quantitative estimate of drug-likeness (QED) is 0.697. The number of carboxylic acids is 1. The Morgan fingerprint density at radius 1 is 1.53 bits per heavy atom. The van der Waals surface area contributed by atoms with Gasteiger partial charge in [-0.05, 0) is 52.5 Å². The van der Waals surface area contributed by atoms with Crippen LogP contribution in [0.5, 0.6) is 0 Å². The van der Waals surface area contributed by atoms with E-state index < -0.39 is 12.0 Å². The molecule has 0 radical (unpaired) electrons. The lowest BCUT2D eigenvalue weighted by Crippen LogP contribution is -2.50. The Bertz CT molecular complexity index is 240. The van der Waals surface area contributed by atoms with Gasteiger partial charge in [-0.2, -0.15) is 0 Å². The third-order valence-electron chi connectivity index (χ3n) is 3.80. The van der Waals surface area contributed by atoms with Crippen LogP contribution >= 0.6 is 0 Å². The molecule has 1 atom stereocenters. The molecule has 0 bridgehead atoms. The zero-order valence-electron chi connectivity index (χ0n) is 10.9. The molecular weight excluding hydrogens is 218 g/mol. The summed E-state index contributed by atoms with van der Waals surface area (Å²) in [5, 5.41) is 9.20. The third kappa shape index (κ3) is 3.94. The SMILES string of the molecule is CCN1CCC(N(C)C(CCN)C(=O)O)CC1. The van der Waals surface area contributed by atoms with E-state index in [9.17, 15) is 9.90 Å². The maximum atomic E-state index is 11.2. The average molecular weight is 243 g/mol. The number of carboxylic acid groups (broad SMARTS) is 1. The molecule has 0 aromatic carbocycles. The van der Waals surface area contributed by atoms with Gasteiger partial charge in [0.25, 0.3) is 0 Å². The van der Waals surface area contributed by atoms with Crippen LogP contribution in [0.1, 0.15) is 26.2 Å². The lowest BCUT2D eigenvalue weighted by atomic mass is 10.0. The van der Waals surface area contributed by atoms with Crippen molar-refractivity contribution in [3.63, 3.8) is 0 Å². The zero-order valence-corrected chi connectivity index (χ0v) is 10.9.